The Labute approximate surface area is 178 Å². The molecule has 0 saturated carbocycles. The number of carbonyl (C=O) groups excluding carboxylic acids is 1. The van der Waals surface area contributed by atoms with Crippen molar-refractivity contribution in [2.24, 2.45) is 0 Å². The molecule has 0 aliphatic heterocycles. The maximum atomic E-state index is 12.6. The van der Waals surface area contributed by atoms with Gasteiger partial charge in [-0.25, -0.2) is 13.1 Å². The number of methoxy groups -OCH3 is 2. The molecule has 0 aliphatic carbocycles. The van der Waals surface area contributed by atoms with Crippen molar-refractivity contribution in [2.45, 2.75) is 50.3 Å². The van der Waals surface area contributed by atoms with Crippen molar-refractivity contribution in [1.29, 1.82) is 0 Å². The van der Waals surface area contributed by atoms with Crippen molar-refractivity contribution >= 4 is 15.9 Å². The molecule has 2 rings (SSSR count). The van der Waals surface area contributed by atoms with E-state index in [4.69, 9.17) is 9.47 Å². The lowest BCUT2D eigenvalue weighted by Gasteiger charge is -2.24. The number of amides is 1. The Kier molecular flexibility index (Phi) is 7.63. The van der Waals surface area contributed by atoms with Crippen LogP contribution >= 0.6 is 0 Å². The molecule has 0 aromatic heterocycles. The van der Waals surface area contributed by atoms with Gasteiger partial charge in [0.1, 0.15) is 11.9 Å². The Balaban J connectivity index is 2.10. The fraction of sp³-hybridized carbons (Fsp3) is 0.409. The van der Waals surface area contributed by atoms with Gasteiger partial charge in [0, 0.05) is 18.2 Å². The Morgan fingerprint density at radius 3 is 2.00 bits per heavy atom. The van der Waals surface area contributed by atoms with Gasteiger partial charge in [0.05, 0.1) is 18.0 Å². The first-order valence-corrected chi connectivity index (χ1v) is 11.1. The van der Waals surface area contributed by atoms with Gasteiger partial charge in [-0.1, -0.05) is 12.1 Å². The quantitative estimate of drug-likeness (QED) is 0.665. The first kappa shape index (κ1) is 23.9. The number of sulfonamides is 1. The third kappa shape index (κ3) is 6.29. The average Bonchev–Trinajstić information content (AvgIpc) is 2.67. The van der Waals surface area contributed by atoms with E-state index in [1.165, 1.54) is 24.3 Å². The van der Waals surface area contributed by atoms with Crippen LogP contribution in [0.1, 0.15) is 49.7 Å². The smallest absolute Gasteiger partial charge is 0.251 e. The summed E-state index contributed by atoms with van der Waals surface area (Å²) in [5.74, 6) is 0.423. The maximum absolute atomic E-state index is 12.6. The third-order valence-electron chi connectivity index (χ3n) is 4.38. The van der Waals surface area contributed by atoms with Gasteiger partial charge in [0.25, 0.3) is 5.91 Å². The number of ether oxygens (including phenoxy) is 2. The van der Waals surface area contributed by atoms with Crippen LogP contribution in [0, 0.1) is 0 Å². The highest BCUT2D eigenvalue weighted by atomic mass is 32.2. The van der Waals surface area contributed by atoms with E-state index in [1.807, 2.05) is 31.2 Å². The molecular weight excluding hydrogens is 404 g/mol. The molecular formula is C22H30N2O5S. The van der Waals surface area contributed by atoms with Crippen molar-refractivity contribution in [3.8, 4) is 5.75 Å². The van der Waals surface area contributed by atoms with Crippen LogP contribution in [0.5, 0.6) is 5.75 Å². The van der Waals surface area contributed by atoms with Gasteiger partial charge in [0.2, 0.25) is 10.0 Å². The molecule has 164 valence electrons. The monoisotopic (exact) mass is 434 g/mol. The van der Waals surface area contributed by atoms with E-state index >= 15 is 0 Å². The van der Waals surface area contributed by atoms with E-state index in [-0.39, 0.29) is 22.9 Å². The molecule has 0 aliphatic rings. The minimum absolute atomic E-state index is 0.107. The molecule has 2 aromatic rings. The van der Waals surface area contributed by atoms with Crippen LogP contribution in [0.3, 0.4) is 0 Å². The number of hydrogen-bond acceptors (Lipinski definition) is 5. The van der Waals surface area contributed by atoms with E-state index in [1.54, 1.807) is 35.0 Å². The molecule has 0 spiro atoms. The Hall–Kier alpha value is -2.42. The van der Waals surface area contributed by atoms with Crippen molar-refractivity contribution in [3.05, 3.63) is 59.7 Å². The number of hydrogen-bond donors (Lipinski definition) is 2. The fourth-order valence-electron chi connectivity index (χ4n) is 3.04. The second kappa shape index (κ2) is 9.59. The number of rotatable bonds is 8. The van der Waals surface area contributed by atoms with Gasteiger partial charge in [-0.2, -0.15) is 0 Å². The molecule has 2 aromatic carbocycles. The predicted octanol–water partition coefficient (Wildman–Crippen LogP) is 3.28. The van der Waals surface area contributed by atoms with E-state index in [9.17, 15) is 13.2 Å². The summed E-state index contributed by atoms with van der Waals surface area (Å²) in [4.78, 5) is 12.8. The van der Waals surface area contributed by atoms with Crippen LogP contribution in [0.25, 0.3) is 0 Å². The zero-order chi connectivity index (χ0) is 22.5. The summed E-state index contributed by atoms with van der Waals surface area (Å²) >= 11 is 0. The van der Waals surface area contributed by atoms with Crippen molar-refractivity contribution < 1.29 is 22.7 Å². The maximum Gasteiger partial charge on any atom is 0.251 e. The number of benzene rings is 2. The van der Waals surface area contributed by atoms with Crippen LogP contribution in [-0.2, 0) is 14.8 Å². The summed E-state index contributed by atoms with van der Waals surface area (Å²) in [5.41, 5.74) is 0.669. The summed E-state index contributed by atoms with van der Waals surface area (Å²) in [7, 11) is -0.473. The lowest BCUT2D eigenvalue weighted by atomic mass is 10.0. The highest BCUT2D eigenvalue weighted by Gasteiger charge is 2.24. The lowest BCUT2D eigenvalue weighted by Crippen LogP contribution is -2.40. The Bertz CT molecular complexity index is 949. The fourth-order valence-corrected chi connectivity index (χ4v) is 4.45. The van der Waals surface area contributed by atoms with Crippen LogP contribution in [0.2, 0.25) is 0 Å². The first-order chi connectivity index (χ1) is 14.0. The van der Waals surface area contributed by atoms with E-state index < -0.39 is 15.6 Å². The predicted molar refractivity (Wildman–Crippen MR) is 116 cm³/mol. The Morgan fingerprint density at radius 2 is 1.53 bits per heavy atom. The number of carbonyl (C=O) groups is 1. The second-order valence-corrected chi connectivity index (χ2v) is 9.75. The molecule has 0 saturated heterocycles. The standard InChI is InChI=1S/C22H30N2O5S/c1-15(20(29-6)16-7-11-18(28-5)12-8-16)23-21(25)17-9-13-19(14-10-17)30(26,27)24-22(2,3)4/h7-15,20,24H,1-6H3,(H,23,25)/t15-,20+/m0/s1. The topological polar surface area (TPSA) is 93.7 Å². The normalized spacial score (nSPS) is 14.1. The SMILES string of the molecule is COc1ccc([C@H](OC)[C@H](C)NC(=O)c2ccc(S(=O)(=O)NC(C)(C)C)cc2)cc1. The summed E-state index contributed by atoms with van der Waals surface area (Å²) in [6, 6.07) is 13.0. The molecule has 0 unspecified atom stereocenters. The minimum Gasteiger partial charge on any atom is -0.497 e. The number of nitrogens with one attached hydrogen (secondary N) is 2. The van der Waals surface area contributed by atoms with Gasteiger partial charge in [-0.05, 0) is 69.7 Å². The summed E-state index contributed by atoms with van der Waals surface area (Å²) in [6.07, 6.45) is -0.351. The summed E-state index contributed by atoms with van der Waals surface area (Å²) in [5, 5.41) is 2.91. The average molecular weight is 435 g/mol. The second-order valence-electron chi connectivity index (χ2n) is 8.07. The van der Waals surface area contributed by atoms with Gasteiger partial charge in [-0.3, -0.25) is 4.79 Å². The van der Waals surface area contributed by atoms with Gasteiger partial charge >= 0.3 is 0 Å². The van der Waals surface area contributed by atoms with Gasteiger partial charge < -0.3 is 14.8 Å². The molecule has 2 atom stereocenters. The first-order valence-electron chi connectivity index (χ1n) is 9.58. The zero-order valence-electron chi connectivity index (χ0n) is 18.2. The molecule has 0 heterocycles. The molecule has 7 nitrogen and oxygen atoms in total. The summed E-state index contributed by atoms with van der Waals surface area (Å²) in [6.45, 7) is 7.15. The van der Waals surface area contributed by atoms with Crippen molar-refractivity contribution in [1.82, 2.24) is 10.0 Å². The van der Waals surface area contributed by atoms with E-state index in [0.29, 0.717) is 5.56 Å². The Morgan fingerprint density at radius 1 is 0.967 bits per heavy atom. The van der Waals surface area contributed by atoms with E-state index in [0.717, 1.165) is 11.3 Å². The van der Waals surface area contributed by atoms with Crippen LogP contribution in [-0.4, -0.2) is 40.1 Å². The lowest BCUT2D eigenvalue weighted by molar-refractivity contribution is 0.0644. The molecule has 30 heavy (non-hydrogen) atoms. The van der Waals surface area contributed by atoms with Gasteiger partial charge in [-0.15, -0.1) is 0 Å². The van der Waals surface area contributed by atoms with Crippen molar-refractivity contribution in [3.63, 3.8) is 0 Å². The van der Waals surface area contributed by atoms with Gasteiger partial charge in [0.15, 0.2) is 0 Å². The van der Waals surface area contributed by atoms with Crippen LogP contribution in [0.4, 0.5) is 0 Å². The molecule has 0 radical (unpaired) electrons. The highest BCUT2D eigenvalue weighted by Crippen LogP contribution is 2.23. The van der Waals surface area contributed by atoms with Crippen LogP contribution in [0.15, 0.2) is 53.4 Å². The molecule has 8 heteroatoms. The molecule has 0 bridgehead atoms. The molecule has 0 fully saturated rings. The molecule has 1 amide bonds. The third-order valence-corrected chi connectivity index (χ3v) is 6.15. The largest absolute Gasteiger partial charge is 0.497 e. The van der Waals surface area contributed by atoms with Crippen molar-refractivity contribution in [2.75, 3.05) is 14.2 Å². The van der Waals surface area contributed by atoms with Crippen LogP contribution < -0.4 is 14.8 Å². The van der Waals surface area contributed by atoms with E-state index in [2.05, 4.69) is 10.0 Å². The highest BCUT2D eigenvalue weighted by molar-refractivity contribution is 7.89. The minimum atomic E-state index is -3.65. The summed E-state index contributed by atoms with van der Waals surface area (Å²) < 4.78 is 38.1. The zero-order valence-corrected chi connectivity index (χ0v) is 19.0. The molecule has 2 N–H and O–H groups in total.